The molecule has 0 saturated heterocycles. The maximum atomic E-state index is 12.5. The van der Waals surface area contributed by atoms with E-state index in [-0.39, 0.29) is 23.9 Å². The van der Waals surface area contributed by atoms with Gasteiger partial charge < -0.3 is 10.6 Å². The van der Waals surface area contributed by atoms with E-state index < -0.39 is 0 Å². The number of hydrogen-bond acceptors (Lipinski definition) is 3. The molecule has 1 aromatic carbocycles. The van der Waals surface area contributed by atoms with E-state index in [1.807, 2.05) is 6.07 Å². The minimum atomic E-state index is -0.105. The Morgan fingerprint density at radius 1 is 1.11 bits per heavy atom. The lowest BCUT2D eigenvalue weighted by Crippen LogP contribution is -2.39. The molecule has 5 atom stereocenters. The topological polar surface area (TPSA) is 71.1 Å². The molecule has 2 unspecified atom stereocenters. The van der Waals surface area contributed by atoms with E-state index in [0.717, 1.165) is 19.3 Å². The number of pyridine rings is 1. The Bertz CT molecular complexity index is 844. The van der Waals surface area contributed by atoms with Gasteiger partial charge in [0.15, 0.2) is 0 Å². The summed E-state index contributed by atoms with van der Waals surface area (Å²) in [5.41, 5.74) is 1.09. The molecule has 1 heterocycles. The van der Waals surface area contributed by atoms with E-state index in [9.17, 15) is 9.59 Å². The lowest BCUT2D eigenvalue weighted by molar-refractivity contribution is 0.0926. The minimum absolute atomic E-state index is 0.0477. The van der Waals surface area contributed by atoms with Crippen LogP contribution in [0.25, 0.3) is 0 Å². The first-order valence-corrected chi connectivity index (χ1v) is 10.2. The van der Waals surface area contributed by atoms with Crippen LogP contribution in [-0.4, -0.2) is 28.9 Å². The number of carbonyl (C=O) groups excluding carboxylic acids is 2. The molecule has 28 heavy (non-hydrogen) atoms. The molecule has 2 N–H and O–H groups in total. The van der Waals surface area contributed by atoms with Crippen LogP contribution in [0, 0.1) is 17.8 Å². The quantitative estimate of drug-likeness (QED) is 0.780. The van der Waals surface area contributed by atoms with Crippen molar-refractivity contribution in [1.82, 2.24) is 15.6 Å². The third-order valence-corrected chi connectivity index (χ3v) is 6.32. The molecule has 1 aromatic heterocycles. The maximum absolute atomic E-state index is 12.5. The van der Waals surface area contributed by atoms with Crippen LogP contribution in [0.3, 0.4) is 0 Å². The molecule has 0 radical (unpaired) electrons. The molecule has 2 aliphatic rings. The van der Waals surface area contributed by atoms with Crippen LogP contribution in [0.15, 0.2) is 48.7 Å². The lowest BCUT2D eigenvalue weighted by Gasteiger charge is -2.22. The van der Waals surface area contributed by atoms with Crippen LogP contribution >= 0.6 is 11.6 Å². The molecule has 5 nitrogen and oxygen atoms in total. The second kappa shape index (κ2) is 7.92. The first-order chi connectivity index (χ1) is 13.6. The smallest absolute Gasteiger partial charge is 0.270 e. The molecule has 4 rings (SSSR count). The van der Waals surface area contributed by atoms with Gasteiger partial charge in [-0.15, -0.1) is 0 Å². The molecular weight excluding hydrogens is 374 g/mol. The highest BCUT2D eigenvalue weighted by atomic mass is 35.5. The van der Waals surface area contributed by atoms with Crippen molar-refractivity contribution < 1.29 is 9.59 Å². The number of fused-ring (bicyclic) bond motifs is 1. The molecule has 2 fully saturated rings. The van der Waals surface area contributed by atoms with Gasteiger partial charge in [-0.1, -0.05) is 24.6 Å². The summed E-state index contributed by atoms with van der Waals surface area (Å²) in [4.78, 5) is 28.9. The fourth-order valence-electron chi connectivity index (χ4n) is 4.69. The zero-order valence-electron chi connectivity index (χ0n) is 15.8. The van der Waals surface area contributed by atoms with Crippen molar-refractivity contribution in [3.05, 3.63) is 64.9 Å². The molecule has 2 aliphatic carbocycles. The molecule has 0 bridgehead atoms. The fraction of sp³-hybridized carbons (Fsp3) is 0.409. The number of hydrogen-bond donors (Lipinski definition) is 2. The minimum Gasteiger partial charge on any atom is -0.349 e. The summed E-state index contributed by atoms with van der Waals surface area (Å²) < 4.78 is 0. The second-order valence-corrected chi connectivity index (χ2v) is 8.19. The van der Waals surface area contributed by atoms with E-state index in [1.165, 1.54) is 0 Å². The van der Waals surface area contributed by atoms with Gasteiger partial charge in [-0.3, -0.25) is 14.6 Å². The van der Waals surface area contributed by atoms with E-state index in [1.54, 1.807) is 42.6 Å². The van der Waals surface area contributed by atoms with Crippen LogP contribution in [0.2, 0.25) is 5.02 Å². The molecule has 6 heteroatoms. The Hall–Kier alpha value is -2.40. The van der Waals surface area contributed by atoms with Crippen LogP contribution in [-0.2, 0) is 0 Å². The average molecular weight is 398 g/mol. The highest BCUT2D eigenvalue weighted by molar-refractivity contribution is 6.30. The summed E-state index contributed by atoms with van der Waals surface area (Å²) in [5.74, 6) is 1.50. The normalized spacial score (nSPS) is 26.2. The Labute approximate surface area is 169 Å². The van der Waals surface area contributed by atoms with Crippen molar-refractivity contribution in [3.8, 4) is 0 Å². The Morgan fingerprint density at radius 3 is 2.43 bits per heavy atom. The predicted octanol–water partition coefficient (Wildman–Crippen LogP) is 3.70. The van der Waals surface area contributed by atoms with Gasteiger partial charge in [0.1, 0.15) is 5.69 Å². The zero-order chi connectivity index (χ0) is 19.7. The van der Waals surface area contributed by atoms with E-state index in [4.69, 9.17) is 11.6 Å². The van der Waals surface area contributed by atoms with E-state index >= 15 is 0 Å². The average Bonchev–Trinajstić information content (AvgIpc) is 3.20. The van der Waals surface area contributed by atoms with E-state index in [0.29, 0.717) is 34.0 Å². The van der Waals surface area contributed by atoms with Gasteiger partial charge in [-0.05, 0) is 73.4 Å². The zero-order valence-corrected chi connectivity index (χ0v) is 16.5. The van der Waals surface area contributed by atoms with Gasteiger partial charge in [-0.2, -0.15) is 0 Å². The second-order valence-electron chi connectivity index (χ2n) is 7.76. The van der Waals surface area contributed by atoms with Gasteiger partial charge >= 0.3 is 0 Å². The Balaban J connectivity index is 1.30. The van der Waals surface area contributed by atoms with Crippen LogP contribution in [0.4, 0.5) is 0 Å². The summed E-state index contributed by atoms with van der Waals surface area (Å²) >= 11 is 5.90. The first-order valence-electron chi connectivity index (χ1n) is 9.85. The highest BCUT2D eigenvalue weighted by Crippen LogP contribution is 2.59. The van der Waals surface area contributed by atoms with Crippen molar-refractivity contribution in [1.29, 1.82) is 0 Å². The molecule has 0 spiro atoms. The fourth-order valence-corrected chi connectivity index (χ4v) is 4.81. The highest BCUT2D eigenvalue weighted by Gasteiger charge is 2.58. The van der Waals surface area contributed by atoms with Gasteiger partial charge in [0, 0.05) is 28.9 Å². The number of carbonyl (C=O) groups is 2. The maximum Gasteiger partial charge on any atom is 0.270 e. The number of rotatable bonds is 6. The number of aromatic nitrogens is 1. The van der Waals surface area contributed by atoms with Gasteiger partial charge in [-0.25, -0.2) is 0 Å². The molecule has 2 aromatic rings. The molecule has 2 amide bonds. The lowest BCUT2D eigenvalue weighted by atomic mass is 9.99. The Morgan fingerprint density at radius 2 is 1.82 bits per heavy atom. The van der Waals surface area contributed by atoms with Crippen molar-refractivity contribution in [2.75, 3.05) is 0 Å². The molecule has 0 aliphatic heterocycles. The Kier molecular flexibility index (Phi) is 5.36. The van der Waals surface area contributed by atoms with Gasteiger partial charge in [0.05, 0.1) is 0 Å². The van der Waals surface area contributed by atoms with Crippen molar-refractivity contribution >= 4 is 23.4 Å². The number of nitrogens with one attached hydrogen (secondary N) is 2. The van der Waals surface area contributed by atoms with Crippen molar-refractivity contribution in [2.24, 2.45) is 17.8 Å². The van der Waals surface area contributed by atoms with Gasteiger partial charge in [0.2, 0.25) is 0 Å². The standard InChI is InChI=1S/C22H24ClN3O2/c1-2-18(26-21(27)13-6-8-14(23)9-7-13)20-16-11-15(12-17(16)20)25-22(28)19-5-3-4-10-24-19/h3-10,15-18,20H,2,11-12H2,1H3,(H,25,28)(H,26,27)/t15?,16-,17+,18-,20?/m1/s1. The van der Waals surface area contributed by atoms with Crippen LogP contribution in [0.5, 0.6) is 0 Å². The molecule has 146 valence electrons. The van der Waals surface area contributed by atoms with Crippen LogP contribution < -0.4 is 10.6 Å². The molecule has 2 saturated carbocycles. The summed E-state index contributed by atoms with van der Waals surface area (Å²) in [6.07, 6.45) is 4.48. The number of nitrogens with zero attached hydrogens (tertiary/aromatic N) is 1. The summed E-state index contributed by atoms with van der Waals surface area (Å²) in [5, 5.41) is 6.92. The van der Waals surface area contributed by atoms with Gasteiger partial charge in [0.25, 0.3) is 11.8 Å². The van der Waals surface area contributed by atoms with E-state index in [2.05, 4.69) is 22.5 Å². The number of halogens is 1. The predicted molar refractivity (Wildman–Crippen MR) is 108 cm³/mol. The summed E-state index contributed by atoms with van der Waals surface area (Å²) in [6.45, 7) is 2.11. The van der Waals surface area contributed by atoms with Crippen molar-refractivity contribution in [2.45, 2.75) is 38.3 Å². The number of benzene rings is 1. The third kappa shape index (κ3) is 3.90. The van der Waals surface area contributed by atoms with Crippen LogP contribution in [0.1, 0.15) is 47.0 Å². The summed E-state index contributed by atoms with van der Waals surface area (Å²) in [6, 6.07) is 12.7. The molecular formula is C22H24ClN3O2. The third-order valence-electron chi connectivity index (χ3n) is 6.07. The monoisotopic (exact) mass is 397 g/mol. The summed E-state index contributed by atoms with van der Waals surface area (Å²) in [7, 11) is 0. The number of amides is 2. The van der Waals surface area contributed by atoms with Crippen molar-refractivity contribution in [3.63, 3.8) is 0 Å². The first kappa shape index (κ1) is 18.9. The largest absolute Gasteiger partial charge is 0.349 e. The SMILES string of the molecule is CC[C@@H](NC(=O)c1ccc(Cl)cc1)C1[C@H]2CC(NC(=O)c3ccccn3)C[C@@H]12.